The largest absolute Gasteiger partial charge is 0.481 e. The molecule has 1 aliphatic heterocycles. The zero-order valence-electron chi connectivity index (χ0n) is 15.3. The number of hydrogen-bond acceptors (Lipinski definition) is 2. The van der Waals surface area contributed by atoms with Gasteiger partial charge in [0.2, 0.25) is 0 Å². The molecule has 1 aliphatic rings. The van der Waals surface area contributed by atoms with Crippen LogP contribution in [0.1, 0.15) is 90.4 Å². The summed E-state index contributed by atoms with van der Waals surface area (Å²) in [5, 5.41) is 0. The number of ether oxygens (including phenoxy) is 1. The average Bonchev–Trinajstić information content (AvgIpc) is 2.59. The Hall–Kier alpha value is -1.05. The second-order valence-electron chi connectivity index (χ2n) is 6.46. The lowest BCUT2D eigenvalue weighted by Crippen LogP contribution is -2.13. The van der Waals surface area contributed by atoms with Crippen molar-refractivity contribution in [2.24, 2.45) is 4.99 Å². The molecule has 2 heteroatoms. The fourth-order valence-electron chi connectivity index (χ4n) is 2.74. The molecule has 2 nitrogen and oxygen atoms in total. The summed E-state index contributed by atoms with van der Waals surface area (Å²) in [6.45, 7) is 4.10. The van der Waals surface area contributed by atoms with Gasteiger partial charge in [-0.15, -0.1) is 0 Å². The quantitative estimate of drug-likeness (QED) is 0.260. The summed E-state index contributed by atoms with van der Waals surface area (Å²) >= 11 is 0. The fourth-order valence-corrected chi connectivity index (χ4v) is 2.74. The van der Waals surface area contributed by atoms with Crippen molar-refractivity contribution in [2.75, 3.05) is 13.2 Å². The zero-order chi connectivity index (χ0) is 16.4. The molecule has 1 heterocycles. The number of nitrogens with zero attached hydrogens (tertiary/aromatic N) is 1. The summed E-state index contributed by atoms with van der Waals surface area (Å²) in [5.41, 5.74) is 0. The first-order chi connectivity index (χ1) is 11.4. The number of unbranched alkanes of at least 4 members (excludes halogenated alkanes) is 8. The third-order valence-electron chi connectivity index (χ3n) is 4.20. The van der Waals surface area contributed by atoms with Crippen molar-refractivity contribution in [3.63, 3.8) is 0 Å². The van der Waals surface area contributed by atoms with Crippen molar-refractivity contribution < 1.29 is 4.74 Å². The highest BCUT2D eigenvalue weighted by atomic mass is 16.5. The highest BCUT2D eigenvalue weighted by molar-refractivity contribution is 5.76. The van der Waals surface area contributed by atoms with Gasteiger partial charge in [0.25, 0.3) is 0 Å². The Labute approximate surface area is 144 Å². The van der Waals surface area contributed by atoms with E-state index in [1.807, 2.05) is 0 Å². The Kier molecular flexibility index (Phi) is 13.8. The molecule has 0 unspecified atom stereocenters. The molecule has 0 N–H and O–H groups in total. The average molecular weight is 320 g/mol. The van der Waals surface area contributed by atoms with Gasteiger partial charge in [0, 0.05) is 19.4 Å². The number of allylic oxidation sites excluding steroid dienone is 4. The van der Waals surface area contributed by atoms with E-state index >= 15 is 0 Å². The Morgan fingerprint density at radius 2 is 1.57 bits per heavy atom. The van der Waals surface area contributed by atoms with E-state index in [0.717, 1.165) is 38.3 Å². The lowest BCUT2D eigenvalue weighted by atomic mass is 10.1. The zero-order valence-corrected chi connectivity index (χ0v) is 15.3. The maximum Gasteiger partial charge on any atom is 0.183 e. The van der Waals surface area contributed by atoms with Gasteiger partial charge in [0.1, 0.15) is 0 Å². The van der Waals surface area contributed by atoms with E-state index in [1.165, 1.54) is 64.2 Å². The van der Waals surface area contributed by atoms with E-state index in [4.69, 9.17) is 4.74 Å². The molecule has 0 saturated heterocycles. The SMILES string of the molecule is CCCCC/C=C/C/C=C/CCCCCCCC1=NCCCO1. The maximum absolute atomic E-state index is 5.53. The van der Waals surface area contributed by atoms with Crippen LogP contribution in [0.15, 0.2) is 29.3 Å². The summed E-state index contributed by atoms with van der Waals surface area (Å²) in [5.74, 6) is 1.00. The molecule has 0 radical (unpaired) electrons. The highest BCUT2D eigenvalue weighted by Crippen LogP contribution is 2.10. The van der Waals surface area contributed by atoms with Gasteiger partial charge >= 0.3 is 0 Å². The number of rotatable bonds is 14. The van der Waals surface area contributed by atoms with Gasteiger partial charge in [0.05, 0.1) is 6.61 Å². The predicted molar refractivity (Wildman–Crippen MR) is 102 cm³/mol. The summed E-state index contributed by atoms with van der Waals surface area (Å²) in [4.78, 5) is 4.41. The molecule has 0 amide bonds. The third kappa shape index (κ3) is 13.1. The number of aliphatic imine (C=N–C) groups is 1. The minimum absolute atomic E-state index is 0.874. The summed E-state index contributed by atoms with van der Waals surface area (Å²) in [6, 6.07) is 0. The Morgan fingerprint density at radius 1 is 0.870 bits per heavy atom. The van der Waals surface area contributed by atoms with Crippen molar-refractivity contribution >= 4 is 5.90 Å². The first-order valence-electron chi connectivity index (χ1n) is 9.89. The van der Waals surface area contributed by atoms with Crippen molar-refractivity contribution in [2.45, 2.75) is 90.4 Å². The fraction of sp³-hybridized carbons (Fsp3) is 0.762. The van der Waals surface area contributed by atoms with Crippen LogP contribution in [0.5, 0.6) is 0 Å². The molecule has 0 atom stereocenters. The van der Waals surface area contributed by atoms with Crippen LogP contribution in [-0.4, -0.2) is 19.0 Å². The van der Waals surface area contributed by atoms with E-state index in [-0.39, 0.29) is 0 Å². The second-order valence-corrected chi connectivity index (χ2v) is 6.46. The van der Waals surface area contributed by atoms with E-state index in [1.54, 1.807) is 0 Å². The normalized spacial score (nSPS) is 15.3. The van der Waals surface area contributed by atoms with E-state index in [9.17, 15) is 0 Å². The van der Waals surface area contributed by atoms with Crippen LogP contribution in [0.25, 0.3) is 0 Å². The van der Waals surface area contributed by atoms with Gasteiger partial charge in [-0.2, -0.15) is 0 Å². The first-order valence-corrected chi connectivity index (χ1v) is 9.89. The first kappa shape index (κ1) is 20.0. The Balaban J connectivity index is 1.80. The standard InChI is InChI=1S/C21H37NO/c1-2-3-4-5-6-7-8-9-10-11-12-13-14-15-16-18-21-22-19-17-20-23-21/h6-7,9-10H,2-5,8,11-20H2,1H3/b7-6+,10-9+. The molecule has 1 rings (SSSR count). The van der Waals surface area contributed by atoms with Gasteiger partial charge in [-0.1, -0.05) is 63.3 Å². The Bertz CT molecular complexity index is 344. The molecule has 0 spiro atoms. The topological polar surface area (TPSA) is 21.6 Å². The molecule has 0 aromatic heterocycles. The van der Waals surface area contributed by atoms with Crippen LogP contribution in [-0.2, 0) is 4.74 Å². The molecule has 0 aromatic rings. The minimum Gasteiger partial charge on any atom is -0.481 e. The van der Waals surface area contributed by atoms with Crippen LogP contribution < -0.4 is 0 Å². The maximum atomic E-state index is 5.53. The van der Waals surface area contributed by atoms with Gasteiger partial charge in [-0.3, -0.25) is 4.99 Å². The highest BCUT2D eigenvalue weighted by Gasteiger charge is 2.04. The summed E-state index contributed by atoms with van der Waals surface area (Å²) in [6.07, 6.45) is 25.6. The van der Waals surface area contributed by atoms with Gasteiger partial charge < -0.3 is 4.74 Å². The van der Waals surface area contributed by atoms with Crippen molar-refractivity contribution in [3.8, 4) is 0 Å². The van der Waals surface area contributed by atoms with E-state index < -0.39 is 0 Å². The lowest BCUT2D eigenvalue weighted by Gasteiger charge is -2.13. The second kappa shape index (κ2) is 15.8. The predicted octanol–water partition coefficient (Wildman–Crippen LogP) is 6.62. The van der Waals surface area contributed by atoms with Crippen LogP contribution in [0.2, 0.25) is 0 Å². The molecular formula is C21H37NO. The lowest BCUT2D eigenvalue weighted by molar-refractivity contribution is 0.272. The van der Waals surface area contributed by atoms with E-state index in [2.05, 4.69) is 36.2 Å². The molecular weight excluding hydrogens is 282 g/mol. The molecule has 0 fully saturated rings. The molecule has 0 bridgehead atoms. The monoisotopic (exact) mass is 319 g/mol. The molecule has 23 heavy (non-hydrogen) atoms. The van der Waals surface area contributed by atoms with Gasteiger partial charge in [0.15, 0.2) is 5.90 Å². The third-order valence-corrected chi connectivity index (χ3v) is 4.20. The number of hydrogen-bond donors (Lipinski definition) is 0. The Morgan fingerprint density at radius 3 is 2.26 bits per heavy atom. The van der Waals surface area contributed by atoms with Gasteiger partial charge in [-0.25, -0.2) is 0 Å². The molecule has 0 saturated carbocycles. The van der Waals surface area contributed by atoms with Crippen LogP contribution >= 0.6 is 0 Å². The van der Waals surface area contributed by atoms with Crippen molar-refractivity contribution in [1.29, 1.82) is 0 Å². The molecule has 0 aliphatic carbocycles. The van der Waals surface area contributed by atoms with Crippen LogP contribution in [0, 0.1) is 0 Å². The van der Waals surface area contributed by atoms with Gasteiger partial charge in [-0.05, 0) is 38.5 Å². The van der Waals surface area contributed by atoms with Crippen molar-refractivity contribution in [3.05, 3.63) is 24.3 Å². The van der Waals surface area contributed by atoms with E-state index in [0.29, 0.717) is 0 Å². The minimum atomic E-state index is 0.874. The smallest absolute Gasteiger partial charge is 0.183 e. The summed E-state index contributed by atoms with van der Waals surface area (Å²) in [7, 11) is 0. The van der Waals surface area contributed by atoms with Crippen LogP contribution in [0.3, 0.4) is 0 Å². The summed E-state index contributed by atoms with van der Waals surface area (Å²) < 4.78 is 5.53. The molecule has 0 aromatic carbocycles. The van der Waals surface area contributed by atoms with Crippen LogP contribution in [0.4, 0.5) is 0 Å². The molecule has 132 valence electrons. The van der Waals surface area contributed by atoms with Crippen molar-refractivity contribution in [1.82, 2.24) is 0 Å².